The van der Waals surface area contributed by atoms with E-state index in [1.54, 1.807) is 0 Å². The zero-order valence-electron chi connectivity index (χ0n) is 78.7. The van der Waals surface area contributed by atoms with Gasteiger partial charge in [0.1, 0.15) is 33.5 Å². The Morgan fingerprint density at radius 3 is 0.496 bits per heavy atom. The smallest absolute Gasteiger partial charge is 0.399 e. The van der Waals surface area contributed by atoms with Gasteiger partial charge >= 0.3 is 86.4 Å². The molecule has 25 rings (SSSR count). The van der Waals surface area contributed by atoms with Crippen LogP contribution in [0.1, 0.15) is 270 Å². The average molecular weight is 2010 g/mol. The second-order valence-electron chi connectivity index (χ2n) is 41.4. The predicted octanol–water partition coefficient (Wildman–Crippen LogP) is 34.9. The van der Waals surface area contributed by atoms with Crippen LogP contribution in [0.4, 0.5) is 0 Å². The molecule has 28 heteroatoms. The van der Waals surface area contributed by atoms with E-state index in [0.29, 0.717) is 72.0 Å². The van der Waals surface area contributed by atoms with Crippen molar-refractivity contribution >= 4 is 217 Å². The first-order valence-corrected chi connectivity index (χ1v) is 68.5. The minimum Gasteiger partial charge on any atom is -0.399 e. The third kappa shape index (κ3) is 17.3. The zero-order valence-corrected chi connectivity index (χ0v) is 88.4. The first kappa shape index (κ1) is 91.2. The second-order valence-corrected chi connectivity index (χ2v) is 67.6. The highest BCUT2D eigenvalue weighted by atomic mass is 31.1. The van der Waals surface area contributed by atoms with E-state index in [2.05, 4.69) is 218 Å². The Kier molecular flexibility index (Phi) is 25.9. The molecule has 6 heterocycles. The van der Waals surface area contributed by atoms with Gasteiger partial charge in [0.2, 0.25) is 0 Å². The Morgan fingerprint density at radius 2 is 0.321 bits per heavy atom. The predicted molar refractivity (Wildman–Crippen MR) is 564 cm³/mol. The summed E-state index contributed by atoms with van der Waals surface area (Å²) < 4.78 is 164. The molecule has 10 fully saturated rings. The number of fused-ring (bicyclic) bond motifs is 24. The summed E-state index contributed by atoms with van der Waals surface area (Å²) in [4.78, 5) is 0. The van der Waals surface area contributed by atoms with E-state index in [9.17, 15) is 37.0 Å². The Hall–Kier alpha value is -7.06. The van der Waals surface area contributed by atoms with Crippen LogP contribution in [0.3, 0.4) is 0 Å². The SMILES string of the molecule is c1ccc2c(c1)ccc1op(O[Si]3(C4CCCCCC4)O[Si]4(C5CCCCCC5)O[Si](Op5oc6ccc7ccccc7c6c6c(ccc7ccccc76)o5)(C5CCCCCC5)O[Si]5(C6CCCCCC6)O[Si](Op6oc7ccc8ccccc8c7c7c(ccc8ccccc87)o6)(C6CCCCCC6)O[Si](C6CCCCCC6)(O3)O[Si](C3CCCCCC3)(O4)O5)oc3ccc4ccccc4c3c12. The molecule has 18 nitrogen and oxygen atoms in total. The molecular formula is C109H127O18P3Si7. The Balaban J connectivity index is 0.846. The lowest BCUT2D eigenvalue weighted by Crippen LogP contribution is -2.86. The fourth-order valence-electron chi connectivity index (χ4n) is 25.8. The van der Waals surface area contributed by atoms with Crippen molar-refractivity contribution in [3.05, 3.63) is 218 Å². The Morgan fingerprint density at radius 1 is 0.168 bits per heavy atom. The molecule has 0 radical (unpaired) electrons. The number of rotatable bonds is 13. The first-order chi connectivity index (χ1) is 67.6. The molecule has 0 atom stereocenters. The van der Waals surface area contributed by atoms with Gasteiger partial charge in [-0.2, -0.15) is 0 Å². The van der Waals surface area contributed by atoms with Gasteiger partial charge in [-0.05, 0) is 191 Å². The van der Waals surface area contributed by atoms with Gasteiger partial charge in [0.15, 0.2) is 0 Å². The van der Waals surface area contributed by atoms with Crippen LogP contribution in [-0.2, 0) is 37.0 Å². The fourth-order valence-corrected chi connectivity index (χ4v) is 78.1. The maximum Gasteiger partial charge on any atom is 0.501 e. The van der Waals surface area contributed by atoms with E-state index < -0.39 is 103 Å². The van der Waals surface area contributed by atoms with Gasteiger partial charge in [-0.15, -0.1) is 0 Å². The van der Waals surface area contributed by atoms with E-state index in [0.717, 1.165) is 328 Å². The van der Waals surface area contributed by atoms with Gasteiger partial charge in [-0.3, -0.25) is 12.6 Å². The molecule has 0 N–H and O–H groups in total. The Bertz CT molecular complexity index is 6150. The van der Waals surface area contributed by atoms with Gasteiger partial charge in [0.25, 0.3) is 0 Å². The van der Waals surface area contributed by atoms with Crippen molar-refractivity contribution in [3.63, 3.8) is 0 Å². The van der Waals surface area contributed by atoms with Gasteiger partial charge in [0, 0.05) is 71.1 Å². The summed E-state index contributed by atoms with van der Waals surface area (Å²) in [5.74, 6) is 0. The van der Waals surface area contributed by atoms with E-state index in [4.69, 9.17) is 37.8 Å². The van der Waals surface area contributed by atoms with E-state index >= 15 is 0 Å². The van der Waals surface area contributed by atoms with Crippen molar-refractivity contribution in [2.45, 2.75) is 308 Å². The molecule has 15 aromatic rings. The average Bonchev–Trinajstić information content (AvgIpc) is 1.50. The van der Waals surface area contributed by atoms with E-state index in [-0.39, 0.29) is 22.2 Å². The van der Waals surface area contributed by atoms with Crippen LogP contribution in [0.15, 0.2) is 244 Å². The lowest BCUT2D eigenvalue weighted by Gasteiger charge is -2.62. The maximum absolute atomic E-state index is 9.83. The first-order valence-electron chi connectivity index (χ1n) is 52.6. The lowest BCUT2D eigenvalue weighted by molar-refractivity contribution is -0.00337. The molecule has 7 aliphatic carbocycles. The summed E-state index contributed by atoms with van der Waals surface area (Å²) in [6.07, 6.45) is 37.2. The van der Waals surface area contributed by atoms with Gasteiger partial charge < -0.3 is 62.2 Å². The molecule has 0 spiro atoms. The summed E-state index contributed by atoms with van der Waals surface area (Å²) in [6, 6.07) is 78.1. The van der Waals surface area contributed by atoms with Gasteiger partial charge in [-0.1, -0.05) is 362 Å². The third-order valence-electron chi connectivity index (χ3n) is 32.8. The zero-order chi connectivity index (χ0) is 91.0. The van der Waals surface area contributed by atoms with Crippen molar-refractivity contribution in [3.8, 4) is 0 Å². The third-order valence-corrected chi connectivity index (χ3v) is 71.2. The summed E-state index contributed by atoms with van der Waals surface area (Å²) in [7, 11) is -43.2. The highest BCUT2D eigenvalue weighted by Crippen LogP contribution is 2.65. The number of hydrogen-bond donors (Lipinski definition) is 0. The van der Waals surface area contributed by atoms with Crippen LogP contribution in [0.2, 0.25) is 38.8 Å². The molecule has 10 aliphatic rings. The molecule has 3 aliphatic heterocycles. The summed E-state index contributed by atoms with van der Waals surface area (Å²) >= 11 is 0. The highest BCUT2D eigenvalue weighted by molar-refractivity contribution is 7.35. The lowest BCUT2D eigenvalue weighted by atomic mass is 9.99. The van der Waals surface area contributed by atoms with Crippen LogP contribution in [0, 0.1) is 0 Å². The van der Waals surface area contributed by atoms with Crippen LogP contribution in [0.25, 0.3) is 130 Å². The van der Waals surface area contributed by atoms with Crippen LogP contribution in [0.5, 0.6) is 0 Å². The van der Waals surface area contributed by atoms with Crippen molar-refractivity contribution in [2.75, 3.05) is 0 Å². The van der Waals surface area contributed by atoms with Crippen LogP contribution >= 0.6 is 24.7 Å². The highest BCUT2D eigenvalue weighted by Gasteiger charge is 2.84. The van der Waals surface area contributed by atoms with Crippen LogP contribution in [-0.4, -0.2) is 61.6 Å². The van der Waals surface area contributed by atoms with E-state index in [1.807, 2.05) is 0 Å². The van der Waals surface area contributed by atoms with Gasteiger partial charge in [-0.25, -0.2) is 0 Å². The summed E-state index contributed by atoms with van der Waals surface area (Å²) in [5.41, 5.74) is 1.13. The Labute approximate surface area is 812 Å². The fraction of sp³-hybridized carbons (Fsp3) is 0.450. The minimum absolute atomic E-state index is 0.305. The molecule has 0 unspecified atom stereocenters. The molecular weight excluding hydrogens is 1890 g/mol. The second kappa shape index (κ2) is 38.9. The van der Waals surface area contributed by atoms with Crippen molar-refractivity contribution in [1.82, 2.24) is 0 Å². The molecule has 137 heavy (non-hydrogen) atoms. The molecule has 3 aromatic heterocycles. The molecule has 0 amide bonds. The van der Waals surface area contributed by atoms with Crippen molar-refractivity contribution in [2.24, 2.45) is 0 Å². The number of benzene rings is 12. The normalized spacial score (nSPS) is 27.8. The van der Waals surface area contributed by atoms with Crippen LogP contribution < -0.4 is 12.6 Å². The van der Waals surface area contributed by atoms with Gasteiger partial charge in [0.05, 0.1) is 0 Å². The van der Waals surface area contributed by atoms with Crippen molar-refractivity contribution in [1.29, 1.82) is 0 Å². The maximum atomic E-state index is 9.83. The molecule has 12 aromatic carbocycles. The summed E-state index contributed by atoms with van der Waals surface area (Å²) in [6.45, 7) is 0. The monoisotopic (exact) mass is 2010 g/mol. The quantitative estimate of drug-likeness (QED) is 0.0782. The molecule has 714 valence electrons. The number of hydrogen-bond acceptors (Lipinski definition) is 18. The molecule has 3 saturated heterocycles. The van der Waals surface area contributed by atoms with Crippen molar-refractivity contribution < 1.29 is 74.9 Å². The molecule has 7 saturated carbocycles. The largest absolute Gasteiger partial charge is 0.501 e. The topological polar surface area (TPSA) is 190 Å². The standard InChI is InChI=1S/C109H127O18P3Si7/c1-2-16-48-85(47-15-1)131(116-128-110-98-73-67-79-41-29-35-61-92(79)104(98)105-93-62-36-30-42-80(93)68-74-99(105)111-128)119-134(88-53-21-7-8-22-54-88)121-132(86-49-17-3-4-18-50-86,117-129-112-100-75-69-81-43-31-37-63-94(81)106(100)107-95-64-38-32-44-82(95)70-76-101(107)113-129)123-136(90-57-25-11-12-26-58-90)124-133(87-51-19-5-6-20-52-87,122-135(120-131,89-55-23-9-10-24-56-89)126-137(125-134,127-136)91-59-27-13-14-28-60-91)118-130-114-102-77-71-83-45-33-39-65-96(83)108(102)109-97-66-40-34-46-84(97)72-78-103(109)115-130/h29-46,61-78,85-91H,1-28,47-60H2. The molecule has 4 bridgehead atoms. The minimum atomic E-state index is -5.12. The summed E-state index contributed by atoms with van der Waals surface area (Å²) in [5, 5.41) is 18.4. The van der Waals surface area contributed by atoms with E-state index in [1.165, 1.54) is 0 Å².